The molecular weight excluding hydrogens is 338 g/mol. The number of nitrogens with one attached hydrogen (secondary N) is 1. The third-order valence-electron chi connectivity index (χ3n) is 4.26. The van der Waals surface area contributed by atoms with Crippen LogP contribution < -0.4 is 10.7 Å². The number of benzene rings is 2. The third-order valence-corrected chi connectivity index (χ3v) is 4.26. The van der Waals surface area contributed by atoms with E-state index in [1.165, 1.54) is 0 Å². The maximum atomic E-state index is 12.6. The fourth-order valence-electron chi connectivity index (χ4n) is 2.96. The van der Waals surface area contributed by atoms with Gasteiger partial charge >= 0.3 is 0 Å². The van der Waals surface area contributed by atoms with Crippen LogP contribution in [0.25, 0.3) is 11.0 Å². The van der Waals surface area contributed by atoms with E-state index in [0.717, 1.165) is 5.56 Å². The summed E-state index contributed by atoms with van der Waals surface area (Å²) in [5.74, 6) is 0.750. The Morgan fingerprint density at radius 1 is 1.04 bits per heavy atom. The Labute approximate surface area is 152 Å². The Morgan fingerprint density at radius 3 is 2.44 bits per heavy atom. The maximum Gasteiger partial charge on any atom is 0.196 e. The lowest BCUT2D eigenvalue weighted by Gasteiger charge is -2.11. The van der Waals surface area contributed by atoms with Crippen molar-refractivity contribution in [2.45, 2.75) is 33.4 Å². The van der Waals surface area contributed by atoms with Crippen LogP contribution in [0.1, 0.15) is 29.4 Å². The lowest BCUT2D eigenvalue weighted by molar-refractivity contribution is 0.460. The minimum atomic E-state index is -0.0134. The molecule has 2 N–H and O–H groups in total. The summed E-state index contributed by atoms with van der Waals surface area (Å²) >= 11 is 0. The molecule has 1 heterocycles. The molecule has 0 unspecified atom stereocenters. The van der Waals surface area contributed by atoms with E-state index in [0.29, 0.717) is 47.4 Å². The van der Waals surface area contributed by atoms with Crippen LogP contribution in [0.4, 0.5) is 0 Å². The number of aromatic hydroxyl groups is 1. The first-order valence-electron chi connectivity index (χ1n) is 8.13. The molecule has 0 bridgehead atoms. The highest BCUT2D eigenvalue weighted by atomic mass is 35.5. The predicted molar refractivity (Wildman–Crippen MR) is 102 cm³/mol. The van der Waals surface area contributed by atoms with Crippen LogP contribution in [0.15, 0.2) is 51.7 Å². The molecule has 0 spiro atoms. The number of rotatable bonds is 5. The van der Waals surface area contributed by atoms with Crippen molar-refractivity contribution in [1.82, 2.24) is 5.32 Å². The van der Waals surface area contributed by atoms with Crippen LogP contribution >= 0.6 is 12.4 Å². The molecular formula is C20H22ClNO3. The van der Waals surface area contributed by atoms with Crippen molar-refractivity contribution in [3.63, 3.8) is 0 Å². The number of phenolic OH excluding ortho intramolecular Hbond substituents is 1. The topological polar surface area (TPSA) is 62.5 Å². The van der Waals surface area contributed by atoms with Gasteiger partial charge in [-0.15, -0.1) is 12.4 Å². The molecule has 0 atom stereocenters. The molecule has 25 heavy (non-hydrogen) atoms. The summed E-state index contributed by atoms with van der Waals surface area (Å²) < 4.78 is 5.88. The number of phenols is 1. The van der Waals surface area contributed by atoms with E-state index < -0.39 is 0 Å². The Hall–Kier alpha value is -2.30. The smallest absolute Gasteiger partial charge is 0.196 e. The van der Waals surface area contributed by atoms with Crippen molar-refractivity contribution in [2.24, 2.45) is 0 Å². The Bertz CT molecular complexity index is 920. The van der Waals surface area contributed by atoms with Gasteiger partial charge in [-0.2, -0.15) is 0 Å². The summed E-state index contributed by atoms with van der Waals surface area (Å²) in [4.78, 5) is 12.6. The zero-order valence-electron chi connectivity index (χ0n) is 14.3. The highest BCUT2D eigenvalue weighted by Gasteiger charge is 2.15. The molecule has 4 nitrogen and oxygen atoms in total. The first-order valence-corrected chi connectivity index (χ1v) is 8.13. The second kappa shape index (κ2) is 8.19. The standard InChI is InChI=1S/C20H21NO3.ClH/c1-3-15-13(2)24-20-16(19(15)23)9-10-18(22)17(20)12-21-11-14-7-5-4-6-8-14;/h4-10,21-22H,3,11-12H2,1-2H3;1H. The van der Waals surface area contributed by atoms with E-state index in [2.05, 4.69) is 5.32 Å². The number of halogens is 1. The average molecular weight is 360 g/mol. The van der Waals surface area contributed by atoms with Crippen LogP contribution in [0.3, 0.4) is 0 Å². The van der Waals surface area contributed by atoms with Gasteiger partial charge in [-0.05, 0) is 31.0 Å². The van der Waals surface area contributed by atoms with Gasteiger partial charge in [0.2, 0.25) is 0 Å². The quantitative estimate of drug-likeness (QED) is 0.720. The Kier molecular flexibility index (Phi) is 6.23. The molecule has 2 aromatic carbocycles. The van der Waals surface area contributed by atoms with Crippen LogP contribution in [0, 0.1) is 6.92 Å². The monoisotopic (exact) mass is 359 g/mol. The van der Waals surface area contributed by atoms with Gasteiger partial charge in [0.1, 0.15) is 17.1 Å². The summed E-state index contributed by atoms with van der Waals surface area (Å²) in [7, 11) is 0. The average Bonchev–Trinajstić information content (AvgIpc) is 2.58. The van der Waals surface area contributed by atoms with E-state index in [1.807, 2.05) is 37.3 Å². The SMILES string of the molecule is CCc1c(C)oc2c(CNCc3ccccc3)c(O)ccc2c1=O.Cl. The van der Waals surface area contributed by atoms with E-state index in [-0.39, 0.29) is 23.6 Å². The van der Waals surface area contributed by atoms with Gasteiger partial charge in [-0.25, -0.2) is 0 Å². The van der Waals surface area contributed by atoms with Crippen molar-refractivity contribution in [2.75, 3.05) is 0 Å². The van der Waals surface area contributed by atoms with Crippen LogP contribution in [-0.4, -0.2) is 5.11 Å². The van der Waals surface area contributed by atoms with Crippen molar-refractivity contribution < 1.29 is 9.52 Å². The lowest BCUT2D eigenvalue weighted by atomic mass is 10.0. The second-order valence-corrected chi connectivity index (χ2v) is 5.85. The van der Waals surface area contributed by atoms with Crippen molar-refractivity contribution in [1.29, 1.82) is 0 Å². The first kappa shape index (κ1) is 19.0. The van der Waals surface area contributed by atoms with E-state index in [9.17, 15) is 9.90 Å². The Morgan fingerprint density at radius 2 is 1.76 bits per heavy atom. The Balaban J connectivity index is 0.00000225. The van der Waals surface area contributed by atoms with Gasteiger partial charge in [-0.3, -0.25) is 4.79 Å². The third kappa shape index (κ3) is 3.86. The van der Waals surface area contributed by atoms with Crippen LogP contribution in [0.5, 0.6) is 5.75 Å². The van der Waals surface area contributed by atoms with Crippen molar-refractivity contribution in [3.05, 3.63) is 75.1 Å². The summed E-state index contributed by atoms with van der Waals surface area (Å²) in [5, 5.41) is 14.0. The number of aryl methyl sites for hydroxylation is 1. The fourth-order valence-corrected chi connectivity index (χ4v) is 2.96. The highest BCUT2D eigenvalue weighted by Crippen LogP contribution is 2.27. The van der Waals surface area contributed by atoms with Gasteiger partial charge in [0, 0.05) is 18.7 Å². The first-order chi connectivity index (χ1) is 11.6. The molecule has 3 rings (SSSR count). The second-order valence-electron chi connectivity index (χ2n) is 5.85. The van der Waals surface area contributed by atoms with E-state index in [1.54, 1.807) is 19.1 Å². The largest absolute Gasteiger partial charge is 0.507 e. The summed E-state index contributed by atoms with van der Waals surface area (Å²) in [6.07, 6.45) is 0.632. The van der Waals surface area contributed by atoms with Gasteiger partial charge in [0.25, 0.3) is 0 Å². The van der Waals surface area contributed by atoms with E-state index in [4.69, 9.17) is 4.42 Å². The minimum Gasteiger partial charge on any atom is -0.507 e. The number of fused-ring (bicyclic) bond motifs is 1. The predicted octanol–water partition coefficient (Wildman–Crippen LogP) is 4.08. The van der Waals surface area contributed by atoms with Gasteiger partial charge < -0.3 is 14.8 Å². The van der Waals surface area contributed by atoms with Crippen LogP contribution in [-0.2, 0) is 19.5 Å². The lowest BCUT2D eigenvalue weighted by Crippen LogP contribution is -2.15. The maximum absolute atomic E-state index is 12.6. The fraction of sp³-hybridized carbons (Fsp3) is 0.250. The summed E-state index contributed by atoms with van der Waals surface area (Å²) in [5.41, 5.74) is 2.92. The normalized spacial score (nSPS) is 10.6. The highest BCUT2D eigenvalue weighted by molar-refractivity contribution is 5.85. The zero-order valence-corrected chi connectivity index (χ0v) is 15.2. The van der Waals surface area contributed by atoms with Gasteiger partial charge in [-0.1, -0.05) is 37.3 Å². The molecule has 1 aromatic heterocycles. The number of hydrogen-bond donors (Lipinski definition) is 2. The molecule has 5 heteroatoms. The van der Waals surface area contributed by atoms with Crippen molar-refractivity contribution >= 4 is 23.4 Å². The summed E-state index contributed by atoms with van der Waals surface area (Å²) in [6, 6.07) is 13.2. The molecule has 0 aliphatic carbocycles. The molecule has 132 valence electrons. The van der Waals surface area contributed by atoms with Crippen LogP contribution in [0.2, 0.25) is 0 Å². The molecule has 0 aliphatic rings. The molecule has 0 radical (unpaired) electrons. The number of hydrogen-bond acceptors (Lipinski definition) is 4. The molecule has 0 fully saturated rings. The molecule has 0 saturated heterocycles. The molecule has 0 saturated carbocycles. The molecule has 0 aliphatic heterocycles. The molecule has 0 amide bonds. The molecule has 3 aromatic rings. The zero-order chi connectivity index (χ0) is 17.1. The van der Waals surface area contributed by atoms with Crippen molar-refractivity contribution in [3.8, 4) is 5.75 Å². The van der Waals surface area contributed by atoms with E-state index >= 15 is 0 Å². The van der Waals surface area contributed by atoms with Gasteiger partial charge in [0.05, 0.1) is 10.9 Å². The summed E-state index contributed by atoms with van der Waals surface area (Å²) in [6.45, 7) is 4.83. The van der Waals surface area contributed by atoms with Gasteiger partial charge in [0.15, 0.2) is 5.43 Å². The minimum absolute atomic E-state index is 0.